The first-order chi connectivity index (χ1) is 35.6. The predicted octanol–water partition coefficient (Wildman–Crippen LogP) is 3.26. The Morgan fingerprint density at radius 3 is 1.26 bits per heavy atom. The average Bonchev–Trinajstić information content (AvgIpc) is 3.64. The fourth-order valence-electron chi connectivity index (χ4n) is 8.24. The Kier molecular flexibility index (Phi) is 27.7. The van der Waals surface area contributed by atoms with Crippen LogP contribution in [0.2, 0.25) is 5.04 Å². The number of benzene rings is 3. The number of amides is 4. The molecule has 0 spiro atoms. The van der Waals surface area contributed by atoms with Crippen LogP contribution in [-0.4, -0.2) is 201 Å². The van der Waals surface area contributed by atoms with E-state index in [-0.39, 0.29) is 29.0 Å². The smallest absolute Gasteiger partial charge is 0.264 e. The van der Waals surface area contributed by atoms with Crippen LogP contribution in [0.4, 0.5) is 5.69 Å². The van der Waals surface area contributed by atoms with Crippen LogP contribution in [0.1, 0.15) is 54.3 Å². The third-order valence-electron chi connectivity index (χ3n) is 11.7. The van der Waals surface area contributed by atoms with Crippen molar-refractivity contribution in [3.8, 4) is 0 Å². The molecule has 404 valence electrons. The number of nitrogens with zero attached hydrogens (tertiary/aromatic N) is 1. The summed E-state index contributed by atoms with van der Waals surface area (Å²) >= 11 is 0. The zero-order valence-corrected chi connectivity index (χ0v) is 43.9. The zero-order chi connectivity index (χ0) is 51.8. The first-order valence-electron chi connectivity index (χ1n) is 25.3. The fraction of sp³-hybridized carbons (Fsp3) is 0.585. The van der Waals surface area contributed by atoms with Crippen molar-refractivity contribution in [3.63, 3.8) is 0 Å². The highest BCUT2D eigenvalue weighted by atomic mass is 28.4. The summed E-state index contributed by atoms with van der Waals surface area (Å²) in [6.07, 6.45) is 0.163. The minimum absolute atomic E-state index is 0.0625. The highest BCUT2D eigenvalue weighted by Crippen LogP contribution is 2.37. The summed E-state index contributed by atoms with van der Waals surface area (Å²) in [5.74, 6) is -2.18. The van der Waals surface area contributed by atoms with Gasteiger partial charge in [0.1, 0.15) is 6.04 Å². The molecular weight excluding hydrogens is 963 g/mol. The average molecular weight is 1040 g/mol. The Morgan fingerprint density at radius 2 is 0.877 bits per heavy atom. The third kappa shape index (κ3) is 19.9. The van der Waals surface area contributed by atoms with Crippen molar-refractivity contribution in [1.29, 1.82) is 0 Å². The normalized spacial score (nSPS) is 15.1. The first-order valence-corrected chi connectivity index (χ1v) is 27.2. The van der Waals surface area contributed by atoms with Crippen molar-refractivity contribution in [1.82, 2.24) is 10.2 Å². The molecule has 3 aromatic rings. The highest BCUT2D eigenvalue weighted by molar-refractivity contribution is 6.99. The van der Waals surface area contributed by atoms with E-state index in [9.17, 15) is 19.2 Å². The van der Waals surface area contributed by atoms with Gasteiger partial charge in [-0.15, -0.1) is 0 Å². The van der Waals surface area contributed by atoms with E-state index in [2.05, 4.69) is 79.9 Å². The van der Waals surface area contributed by atoms with E-state index in [0.29, 0.717) is 164 Å². The molecule has 0 bridgehead atoms. The lowest BCUT2D eigenvalue weighted by Crippen LogP contribution is -2.66. The number of rotatable bonds is 41. The van der Waals surface area contributed by atoms with E-state index < -0.39 is 38.0 Å². The molecule has 73 heavy (non-hydrogen) atoms. The molecule has 0 aliphatic carbocycles. The topological polar surface area (TPSA) is 206 Å². The molecule has 20 heteroatoms. The van der Waals surface area contributed by atoms with Gasteiger partial charge in [0.05, 0.1) is 163 Å². The summed E-state index contributed by atoms with van der Waals surface area (Å²) < 4.78 is 68.4. The lowest BCUT2D eigenvalue weighted by molar-refractivity contribution is -0.136. The zero-order valence-electron chi connectivity index (χ0n) is 42.9. The molecule has 2 heterocycles. The van der Waals surface area contributed by atoms with Crippen LogP contribution in [0.15, 0.2) is 78.9 Å². The molecule has 1 fully saturated rings. The number of ether oxygens (including phenoxy) is 11. The van der Waals surface area contributed by atoms with Crippen molar-refractivity contribution in [2.24, 2.45) is 0 Å². The van der Waals surface area contributed by atoms with E-state index in [1.165, 1.54) is 10.4 Å². The number of anilines is 1. The second-order valence-corrected chi connectivity index (χ2v) is 22.2. The Bertz CT molecular complexity index is 2010. The second-order valence-electron chi connectivity index (χ2n) is 17.8. The van der Waals surface area contributed by atoms with Crippen molar-refractivity contribution in [2.45, 2.75) is 44.7 Å². The van der Waals surface area contributed by atoms with Gasteiger partial charge in [0, 0.05) is 18.7 Å². The Balaban J connectivity index is 0.708. The molecule has 0 saturated carbocycles. The largest absolute Gasteiger partial charge is 0.405 e. The maximum atomic E-state index is 13.2. The Labute approximate surface area is 431 Å². The van der Waals surface area contributed by atoms with E-state index in [1.807, 2.05) is 12.1 Å². The van der Waals surface area contributed by atoms with Gasteiger partial charge in [-0.1, -0.05) is 87.5 Å². The molecule has 3 aromatic carbocycles. The monoisotopic (exact) mass is 1040 g/mol. The van der Waals surface area contributed by atoms with Crippen molar-refractivity contribution in [3.05, 3.63) is 90.0 Å². The maximum Gasteiger partial charge on any atom is 0.264 e. The van der Waals surface area contributed by atoms with E-state index in [4.69, 9.17) is 56.5 Å². The molecule has 1 atom stereocenters. The number of hydrogen-bond acceptors (Lipinski definition) is 17. The molecule has 2 N–H and O–H groups in total. The van der Waals surface area contributed by atoms with Gasteiger partial charge >= 0.3 is 0 Å². The molecular formula is C53H77N3O16Si. The second kappa shape index (κ2) is 34.1. The van der Waals surface area contributed by atoms with Gasteiger partial charge in [-0.05, 0) is 34.0 Å². The number of hydrogen-bond donors (Lipinski definition) is 2. The molecule has 0 aromatic heterocycles. The summed E-state index contributed by atoms with van der Waals surface area (Å²) in [5, 5.41) is 7.78. The minimum Gasteiger partial charge on any atom is -0.405 e. The van der Waals surface area contributed by atoms with Gasteiger partial charge in [0.25, 0.3) is 20.1 Å². The van der Waals surface area contributed by atoms with E-state index >= 15 is 0 Å². The number of imide groups is 2. The van der Waals surface area contributed by atoms with Gasteiger partial charge in [-0.2, -0.15) is 0 Å². The number of carbonyl (C=O) groups is 4. The van der Waals surface area contributed by atoms with Crippen LogP contribution in [0.3, 0.4) is 0 Å². The fourth-order valence-corrected chi connectivity index (χ4v) is 12.8. The van der Waals surface area contributed by atoms with Gasteiger partial charge < -0.3 is 61.8 Å². The minimum atomic E-state index is -2.56. The SMILES string of the molecule is CC(C)(C)[Si](OCCOCCOCCOCCOCCOCCOCCOCCOCCOCCOCCOCCNc1cccc2c1C(=O)N(C1CCC(=O)NC1=O)C2=O)(c1ccccc1)c1ccccc1. The molecule has 1 saturated heterocycles. The molecule has 2 aliphatic rings. The quantitative estimate of drug-likeness (QED) is 0.0475. The van der Waals surface area contributed by atoms with E-state index in [0.717, 1.165) is 4.90 Å². The Morgan fingerprint density at radius 1 is 0.493 bits per heavy atom. The van der Waals surface area contributed by atoms with E-state index in [1.54, 1.807) is 18.2 Å². The van der Waals surface area contributed by atoms with Crippen molar-refractivity contribution in [2.75, 3.05) is 164 Å². The molecule has 0 radical (unpaired) electrons. The third-order valence-corrected chi connectivity index (χ3v) is 16.8. The highest BCUT2D eigenvalue weighted by Gasteiger charge is 2.50. The summed E-state index contributed by atoms with van der Waals surface area (Å²) in [7, 11) is -2.56. The number of carbonyl (C=O) groups excluding carboxylic acids is 4. The summed E-state index contributed by atoms with van der Waals surface area (Å²) in [4.78, 5) is 51.0. The van der Waals surface area contributed by atoms with Crippen LogP contribution >= 0.6 is 0 Å². The van der Waals surface area contributed by atoms with Crippen LogP contribution < -0.4 is 21.0 Å². The van der Waals surface area contributed by atoms with Gasteiger partial charge in [-0.3, -0.25) is 29.4 Å². The van der Waals surface area contributed by atoms with Crippen molar-refractivity contribution >= 4 is 48.0 Å². The van der Waals surface area contributed by atoms with Crippen LogP contribution in [0, 0.1) is 0 Å². The maximum absolute atomic E-state index is 13.2. The predicted molar refractivity (Wildman–Crippen MR) is 274 cm³/mol. The summed E-state index contributed by atoms with van der Waals surface area (Å²) in [6.45, 7) is 17.6. The van der Waals surface area contributed by atoms with Gasteiger partial charge in [0.15, 0.2) is 0 Å². The molecule has 2 aliphatic heterocycles. The first kappa shape index (κ1) is 59.4. The summed E-state index contributed by atoms with van der Waals surface area (Å²) in [5.41, 5.74) is 0.900. The lowest BCUT2D eigenvalue weighted by Gasteiger charge is -2.43. The number of nitrogens with one attached hydrogen (secondary N) is 2. The number of piperidine rings is 1. The molecule has 19 nitrogen and oxygen atoms in total. The molecule has 5 rings (SSSR count). The van der Waals surface area contributed by atoms with Gasteiger partial charge in [0.2, 0.25) is 11.8 Å². The Hall–Kier alpha value is -4.52. The lowest BCUT2D eigenvalue weighted by atomic mass is 10.0. The molecule has 4 amide bonds. The van der Waals surface area contributed by atoms with Gasteiger partial charge in [-0.25, -0.2) is 0 Å². The number of fused-ring (bicyclic) bond motifs is 1. The van der Waals surface area contributed by atoms with Crippen LogP contribution in [0.25, 0.3) is 0 Å². The standard InChI is InChI=1S/C53H77N3O16Si/c1-53(2,3)73(43-11-6-4-7-12-43,44-13-8-5-9-14-44)72-42-41-71-40-39-70-38-37-69-36-35-68-34-33-67-32-31-66-30-29-65-28-27-64-26-25-63-24-23-62-22-21-61-20-19-54-46-16-10-15-45-49(46)52(60)56(51(45)59)47-17-18-48(57)55-50(47)58/h4-16,47,54H,17-42H2,1-3H3,(H,55,57,58). The van der Waals surface area contributed by atoms with Crippen molar-refractivity contribution < 1.29 is 75.7 Å². The molecule has 1 unspecified atom stereocenters. The van der Waals surface area contributed by atoms with Crippen LogP contribution in [-0.2, 0) is 66.1 Å². The summed E-state index contributed by atoms with van der Waals surface area (Å²) in [6, 6.07) is 25.1. The van der Waals surface area contributed by atoms with Crippen LogP contribution in [0.5, 0.6) is 0 Å².